The van der Waals surface area contributed by atoms with Crippen LogP contribution in [-0.2, 0) is 0 Å². The molecule has 17 heavy (non-hydrogen) atoms. The third-order valence-corrected chi connectivity index (χ3v) is 4.17. The van der Waals surface area contributed by atoms with Crippen LogP contribution in [0.4, 0.5) is 5.69 Å². The Hall–Kier alpha value is -1.72. The zero-order chi connectivity index (χ0) is 11.7. The van der Waals surface area contributed by atoms with Gasteiger partial charge in [0.15, 0.2) is 0 Å². The molecule has 2 aromatic heterocycles. The van der Waals surface area contributed by atoms with Gasteiger partial charge in [0.1, 0.15) is 5.01 Å². The molecule has 0 fully saturated rings. The van der Waals surface area contributed by atoms with Crippen LogP contribution >= 0.6 is 22.7 Å². The number of thiazole rings is 2. The zero-order valence-corrected chi connectivity index (χ0v) is 10.5. The predicted molar refractivity (Wildman–Crippen MR) is 73.1 cm³/mol. The largest absolute Gasteiger partial charge is 0.398 e. The molecule has 3 aromatic rings. The first-order chi connectivity index (χ1) is 8.34. The molecule has 0 bridgehead atoms. The van der Waals surface area contributed by atoms with Gasteiger partial charge in [0, 0.05) is 22.8 Å². The monoisotopic (exact) mass is 259 g/mol. The average Bonchev–Trinajstić information content (AvgIpc) is 3.00. The first-order valence-electron chi connectivity index (χ1n) is 5.04. The van der Waals surface area contributed by atoms with Crippen molar-refractivity contribution < 1.29 is 0 Å². The summed E-state index contributed by atoms with van der Waals surface area (Å²) < 4.78 is 0. The summed E-state index contributed by atoms with van der Waals surface area (Å²) in [7, 11) is 0. The third-order valence-electron chi connectivity index (χ3n) is 2.38. The molecule has 0 amide bonds. The van der Waals surface area contributed by atoms with Gasteiger partial charge in [-0.2, -0.15) is 0 Å². The van der Waals surface area contributed by atoms with Crippen LogP contribution in [0, 0.1) is 0 Å². The standard InChI is InChI=1S/C12H9N3S2/c13-9-4-2-1-3-8(9)10-6-16-12(15-10)11-5-14-7-17-11/h1-7H,13H2. The smallest absolute Gasteiger partial charge is 0.135 e. The van der Waals surface area contributed by atoms with Crippen molar-refractivity contribution in [2.75, 3.05) is 5.73 Å². The molecule has 0 spiro atoms. The van der Waals surface area contributed by atoms with Crippen molar-refractivity contribution >= 4 is 28.4 Å². The zero-order valence-electron chi connectivity index (χ0n) is 8.83. The molecule has 1 aromatic carbocycles. The molecule has 0 radical (unpaired) electrons. The molecular formula is C12H9N3S2. The number of rotatable bonds is 2. The van der Waals surface area contributed by atoms with E-state index in [1.807, 2.05) is 41.4 Å². The van der Waals surface area contributed by atoms with Crippen molar-refractivity contribution in [2.45, 2.75) is 0 Å². The van der Waals surface area contributed by atoms with Gasteiger partial charge in [-0.05, 0) is 6.07 Å². The Balaban J connectivity index is 2.04. The molecule has 0 unspecified atom stereocenters. The number of nitrogens with zero attached hydrogens (tertiary/aromatic N) is 2. The van der Waals surface area contributed by atoms with E-state index in [1.54, 1.807) is 22.7 Å². The Bertz CT molecular complexity index is 629. The van der Waals surface area contributed by atoms with E-state index >= 15 is 0 Å². The fraction of sp³-hybridized carbons (Fsp3) is 0. The summed E-state index contributed by atoms with van der Waals surface area (Å²) in [5, 5.41) is 3.02. The van der Waals surface area contributed by atoms with Crippen LogP contribution in [-0.4, -0.2) is 9.97 Å². The van der Waals surface area contributed by atoms with Crippen molar-refractivity contribution in [3.05, 3.63) is 41.4 Å². The lowest BCUT2D eigenvalue weighted by Crippen LogP contribution is -1.88. The average molecular weight is 259 g/mol. The predicted octanol–water partition coefficient (Wildman–Crippen LogP) is 3.52. The maximum atomic E-state index is 5.94. The molecule has 0 aliphatic heterocycles. The summed E-state index contributed by atoms with van der Waals surface area (Å²) >= 11 is 3.21. The summed E-state index contributed by atoms with van der Waals surface area (Å²) in [6, 6.07) is 7.77. The maximum absolute atomic E-state index is 5.94. The first kappa shape index (κ1) is 10.4. The minimum Gasteiger partial charge on any atom is -0.398 e. The van der Waals surface area contributed by atoms with Gasteiger partial charge in [0.2, 0.25) is 0 Å². The number of nitrogens with two attached hydrogens (primary N) is 1. The van der Waals surface area contributed by atoms with Gasteiger partial charge in [-0.3, -0.25) is 4.98 Å². The van der Waals surface area contributed by atoms with Gasteiger partial charge >= 0.3 is 0 Å². The summed E-state index contributed by atoms with van der Waals surface area (Å²) in [4.78, 5) is 9.74. The van der Waals surface area contributed by atoms with Gasteiger partial charge in [0.25, 0.3) is 0 Å². The first-order valence-corrected chi connectivity index (χ1v) is 6.80. The highest BCUT2D eigenvalue weighted by Gasteiger charge is 2.09. The molecule has 0 aliphatic rings. The highest BCUT2D eigenvalue weighted by atomic mass is 32.1. The number of para-hydroxylation sites is 1. The lowest BCUT2D eigenvalue weighted by atomic mass is 10.1. The Morgan fingerprint density at radius 3 is 2.76 bits per heavy atom. The SMILES string of the molecule is Nc1ccccc1-c1csc(-c2cncs2)n1. The second kappa shape index (κ2) is 4.27. The van der Waals surface area contributed by atoms with E-state index in [9.17, 15) is 0 Å². The number of nitrogen functional groups attached to an aromatic ring is 1. The van der Waals surface area contributed by atoms with Crippen LogP contribution in [0.15, 0.2) is 41.4 Å². The second-order valence-electron chi connectivity index (χ2n) is 3.49. The van der Waals surface area contributed by atoms with Crippen LogP contribution in [0.25, 0.3) is 21.1 Å². The Kier molecular flexibility index (Phi) is 2.62. The molecule has 84 valence electrons. The lowest BCUT2D eigenvalue weighted by Gasteiger charge is -2.00. The molecule has 2 N–H and O–H groups in total. The van der Waals surface area contributed by atoms with Gasteiger partial charge in [-0.25, -0.2) is 4.98 Å². The lowest BCUT2D eigenvalue weighted by molar-refractivity contribution is 1.39. The molecule has 3 rings (SSSR count). The van der Waals surface area contributed by atoms with E-state index in [-0.39, 0.29) is 0 Å². The summed E-state index contributed by atoms with van der Waals surface area (Å²) in [5.74, 6) is 0. The van der Waals surface area contributed by atoms with Crippen LogP contribution in [0.1, 0.15) is 0 Å². The highest BCUT2D eigenvalue weighted by Crippen LogP contribution is 2.32. The number of benzene rings is 1. The topological polar surface area (TPSA) is 51.8 Å². The van der Waals surface area contributed by atoms with Gasteiger partial charge in [0.05, 0.1) is 16.1 Å². The summed E-state index contributed by atoms with van der Waals surface area (Å²) in [5.41, 5.74) is 10.4. The van der Waals surface area contributed by atoms with Gasteiger partial charge < -0.3 is 5.73 Å². The van der Waals surface area contributed by atoms with Crippen molar-refractivity contribution in [2.24, 2.45) is 0 Å². The Morgan fingerprint density at radius 2 is 2.00 bits per heavy atom. The quantitative estimate of drug-likeness (QED) is 0.716. The normalized spacial score (nSPS) is 10.6. The van der Waals surface area contributed by atoms with Crippen LogP contribution < -0.4 is 5.73 Å². The molecule has 5 heteroatoms. The minimum absolute atomic E-state index is 0.758. The Morgan fingerprint density at radius 1 is 1.12 bits per heavy atom. The maximum Gasteiger partial charge on any atom is 0.135 e. The molecular weight excluding hydrogens is 250 g/mol. The van der Waals surface area contributed by atoms with E-state index in [1.165, 1.54) is 0 Å². The molecule has 0 saturated carbocycles. The van der Waals surface area contributed by atoms with E-state index in [0.717, 1.165) is 26.8 Å². The summed E-state index contributed by atoms with van der Waals surface area (Å²) in [6.07, 6.45) is 1.83. The highest BCUT2D eigenvalue weighted by molar-refractivity contribution is 7.20. The van der Waals surface area contributed by atoms with Crippen LogP contribution in [0.5, 0.6) is 0 Å². The number of hydrogen-bond donors (Lipinski definition) is 1. The van der Waals surface area contributed by atoms with Crippen molar-refractivity contribution in [3.63, 3.8) is 0 Å². The summed E-state index contributed by atoms with van der Waals surface area (Å²) in [6.45, 7) is 0. The fourth-order valence-corrected chi connectivity index (χ4v) is 3.08. The molecule has 0 aliphatic carbocycles. The Labute approximate surface area is 107 Å². The van der Waals surface area contributed by atoms with Crippen molar-refractivity contribution in [1.29, 1.82) is 0 Å². The van der Waals surface area contributed by atoms with Crippen LogP contribution in [0.3, 0.4) is 0 Å². The van der Waals surface area contributed by atoms with Crippen molar-refractivity contribution in [1.82, 2.24) is 9.97 Å². The number of anilines is 1. The van der Waals surface area contributed by atoms with Gasteiger partial charge in [-0.1, -0.05) is 18.2 Å². The van der Waals surface area contributed by atoms with E-state index in [4.69, 9.17) is 5.73 Å². The number of aromatic nitrogens is 2. The third kappa shape index (κ3) is 1.94. The minimum atomic E-state index is 0.758. The fourth-order valence-electron chi connectivity index (χ4n) is 1.56. The molecule has 2 heterocycles. The van der Waals surface area contributed by atoms with Crippen molar-refractivity contribution in [3.8, 4) is 21.1 Å². The molecule has 0 atom stereocenters. The molecule has 3 nitrogen and oxygen atoms in total. The van der Waals surface area contributed by atoms with E-state index in [0.29, 0.717) is 0 Å². The number of hydrogen-bond acceptors (Lipinski definition) is 5. The van der Waals surface area contributed by atoms with Gasteiger partial charge in [-0.15, -0.1) is 22.7 Å². The molecule has 0 saturated heterocycles. The van der Waals surface area contributed by atoms with Crippen LogP contribution in [0.2, 0.25) is 0 Å². The van der Waals surface area contributed by atoms with E-state index in [2.05, 4.69) is 9.97 Å². The second-order valence-corrected chi connectivity index (χ2v) is 5.24. The van der Waals surface area contributed by atoms with E-state index < -0.39 is 0 Å².